The zero-order valence-corrected chi connectivity index (χ0v) is 6.95. The maximum Gasteiger partial charge on any atom is 0.166 e. The lowest BCUT2D eigenvalue weighted by Gasteiger charge is -1.97. The molecule has 0 saturated carbocycles. The maximum absolute atomic E-state index is 12.6. The lowest BCUT2D eigenvalue weighted by atomic mass is 10.3. The highest BCUT2D eigenvalue weighted by Gasteiger charge is 2.05. The molecule has 0 saturated heterocycles. The lowest BCUT2D eigenvalue weighted by molar-refractivity contribution is 0.621. The first-order valence-corrected chi connectivity index (χ1v) is 3.54. The second-order valence-corrected chi connectivity index (χ2v) is 2.56. The van der Waals surface area contributed by atoms with Gasteiger partial charge in [0.05, 0.1) is 0 Å². The van der Waals surface area contributed by atoms with Crippen molar-refractivity contribution in [2.45, 2.75) is 0 Å². The van der Waals surface area contributed by atoms with Crippen molar-refractivity contribution in [1.82, 2.24) is 4.98 Å². The van der Waals surface area contributed by atoms with Crippen LogP contribution in [-0.2, 0) is 0 Å². The average molecular weight is 192 g/mol. The maximum atomic E-state index is 12.6. The van der Waals surface area contributed by atoms with E-state index in [-0.39, 0.29) is 10.3 Å². The molecule has 0 aromatic carbocycles. The Balaban J connectivity index is 3.31. The van der Waals surface area contributed by atoms with Crippen molar-refractivity contribution in [3.63, 3.8) is 0 Å². The van der Waals surface area contributed by atoms with Crippen LogP contribution in [0, 0.1) is 5.82 Å². The molecule has 1 aromatic heterocycles. The third kappa shape index (κ3) is 1.70. The van der Waals surface area contributed by atoms with E-state index in [0.717, 1.165) is 0 Å². The molecule has 0 radical (unpaired) electrons. The average Bonchev–Trinajstić information content (AvgIpc) is 1.97. The fraction of sp³-hybridized carbons (Fsp3) is 0. The van der Waals surface area contributed by atoms with Gasteiger partial charge in [-0.3, -0.25) is 0 Å². The minimum Gasteiger partial charge on any atom is -0.221 e. The molecule has 0 atom stereocenters. The van der Waals surface area contributed by atoms with Crippen molar-refractivity contribution in [1.29, 1.82) is 0 Å². The molecule has 11 heavy (non-hydrogen) atoms. The quantitative estimate of drug-likeness (QED) is 0.622. The number of hydrogen-bond donors (Lipinski definition) is 0. The summed E-state index contributed by atoms with van der Waals surface area (Å²) in [6.45, 7) is 3.43. The van der Waals surface area contributed by atoms with Gasteiger partial charge in [0.25, 0.3) is 0 Å². The smallest absolute Gasteiger partial charge is 0.166 e. The molecular formula is C7H4Cl2FN. The van der Waals surface area contributed by atoms with E-state index in [2.05, 4.69) is 11.6 Å². The Morgan fingerprint density at radius 1 is 1.45 bits per heavy atom. The number of nitrogens with zero attached hydrogens (tertiary/aromatic N) is 1. The molecule has 0 unspecified atom stereocenters. The van der Waals surface area contributed by atoms with E-state index in [1.165, 1.54) is 12.1 Å². The molecule has 0 bridgehead atoms. The molecule has 1 rings (SSSR count). The second kappa shape index (κ2) is 3.20. The van der Waals surface area contributed by atoms with Gasteiger partial charge in [0.2, 0.25) is 0 Å². The Kier molecular flexibility index (Phi) is 2.47. The topological polar surface area (TPSA) is 12.9 Å². The first kappa shape index (κ1) is 8.50. The zero-order chi connectivity index (χ0) is 8.43. The van der Waals surface area contributed by atoms with Gasteiger partial charge in [-0.2, -0.15) is 0 Å². The minimum absolute atomic E-state index is 0.159. The number of rotatable bonds is 1. The monoisotopic (exact) mass is 191 g/mol. The Morgan fingerprint density at radius 3 is 2.64 bits per heavy atom. The molecule has 1 aromatic rings. The summed E-state index contributed by atoms with van der Waals surface area (Å²) in [7, 11) is 0. The van der Waals surface area contributed by atoms with E-state index >= 15 is 0 Å². The van der Waals surface area contributed by atoms with Crippen LogP contribution in [0.25, 0.3) is 6.08 Å². The van der Waals surface area contributed by atoms with Crippen LogP contribution >= 0.6 is 23.2 Å². The normalized spacial score (nSPS) is 9.73. The van der Waals surface area contributed by atoms with Gasteiger partial charge < -0.3 is 0 Å². The number of hydrogen-bond acceptors (Lipinski definition) is 1. The van der Waals surface area contributed by atoms with Crippen LogP contribution in [0.1, 0.15) is 5.56 Å². The van der Waals surface area contributed by atoms with E-state index in [0.29, 0.717) is 5.56 Å². The van der Waals surface area contributed by atoms with Crippen LogP contribution in [-0.4, -0.2) is 4.98 Å². The van der Waals surface area contributed by atoms with Gasteiger partial charge in [-0.15, -0.1) is 0 Å². The van der Waals surface area contributed by atoms with Gasteiger partial charge >= 0.3 is 0 Å². The van der Waals surface area contributed by atoms with Crippen molar-refractivity contribution in [3.8, 4) is 0 Å². The second-order valence-electron chi connectivity index (χ2n) is 1.85. The number of aromatic nitrogens is 1. The van der Waals surface area contributed by atoms with Crippen molar-refractivity contribution < 1.29 is 4.39 Å². The summed E-state index contributed by atoms with van der Waals surface area (Å²) < 4.78 is 12.6. The number of pyridine rings is 1. The van der Waals surface area contributed by atoms with Crippen molar-refractivity contribution in [2.75, 3.05) is 0 Å². The van der Waals surface area contributed by atoms with E-state index in [1.807, 2.05) is 0 Å². The van der Waals surface area contributed by atoms with Gasteiger partial charge in [0.1, 0.15) is 5.15 Å². The van der Waals surface area contributed by atoms with Crippen molar-refractivity contribution in [2.24, 2.45) is 0 Å². The fourth-order valence-corrected chi connectivity index (χ4v) is 1.00. The van der Waals surface area contributed by atoms with Crippen LogP contribution in [0.2, 0.25) is 10.3 Å². The number of halogens is 3. The molecule has 0 N–H and O–H groups in total. The van der Waals surface area contributed by atoms with Crippen LogP contribution in [0.4, 0.5) is 4.39 Å². The van der Waals surface area contributed by atoms with E-state index in [4.69, 9.17) is 23.2 Å². The minimum atomic E-state index is -0.592. The van der Waals surface area contributed by atoms with Crippen LogP contribution < -0.4 is 0 Å². The van der Waals surface area contributed by atoms with Crippen LogP contribution in [0.5, 0.6) is 0 Å². The first-order chi connectivity index (χ1) is 5.15. The first-order valence-electron chi connectivity index (χ1n) is 2.79. The summed E-state index contributed by atoms with van der Waals surface area (Å²) in [5, 5.41) is -0.0630. The van der Waals surface area contributed by atoms with Crippen LogP contribution in [0.15, 0.2) is 12.6 Å². The molecular weight excluding hydrogens is 188 g/mol. The Bertz CT molecular complexity index is 299. The molecule has 4 heteroatoms. The highest BCUT2D eigenvalue weighted by molar-refractivity contribution is 6.33. The van der Waals surface area contributed by atoms with Crippen molar-refractivity contribution >= 4 is 29.3 Å². The third-order valence-electron chi connectivity index (χ3n) is 1.13. The predicted octanol–water partition coefficient (Wildman–Crippen LogP) is 3.17. The molecule has 58 valence electrons. The Hall–Kier alpha value is -0.600. The van der Waals surface area contributed by atoms with Gasteiger partial charge in [0, 0.05) is 5.56 Å². The molecule has 0 fully saturated rings. The Labute approximate surface area is 73.5 Å². The van der Waals surface area contributed by atoms with E-state index in [1.54, 1.807) is 0 Å². The van der Waals surface area contributed by atoms with Gasteiger partial charge in [-0.25, -0.2) is 9.37 Å². The summed E-state index contributed by atoms with van der Waals surface area (Å²) in [4.78, 5) is 3.53. The highest BCUT2D eigenvalue weighted by atomic mass is 35.5. The molecule has 0 amide bonds. The molecule has 0 aliphatic heterocycles. The van der Waals surface area contributed by atoms with Gasteiger partial charge in [-0.05, 0) is 6.07 Å². The van der Waals surface area contributed by atoms with Crippen molar-refractivity contribution in [3.05, 3.63) is 34.3 Å². The van der Waals surface area contributed by atoms with Gasteiger partial charge in [-0.1, -0.05) is 35.9 Å². The van der Waals surface area contributed by atoms with Gasteiger partial charge in [0.15, 0.2) is 11.0 Å². The predicted molar refractivity (Wildman–Crippen MR) is 44.3 cm³/mol. The molecule has 0 aliphatic carbocycles. The summed E-state index contributed by atoms with van der Waals surface area (Å²) >= 11 is 10.9. The highest BCUT2D eigenvalue weighted by Crippen LogP contribution is 2.20. The fourth-order valence-electron chi connectivity index (χ4n) is 0.603. The summed E-state index contributed by atoms with van der Waals surface area (Å²) in [5.41, 5.74) is 0.438. The molecule has 1 nitrogen and oxygen atoms in total. The lowest BCUT2D eigenvalue weighted by Crippen LogP contribution is -1.86. The molecule has 1 heterocycles. The standard InChI is InChI=1S/C7H4Cl2FN/c1-2-4-3-5(10)7(9)11-6(4)8/h2-3H,1H2. The third-order valence-corrected chi connectivity index (χ3v) is 1.70. The molecule has 0 spiro atoms. The van der Waals surface area contributed by atoms with E-state index in [9.17, 15) is 4.39 Å². The summed E-state index contributed by atoms with van der Waals surface area (Å²) in [6, 6.07) is 1.19. The zero-order valence-electron chi connectivity index (χ0n) is 5.44. The van der Waals surface area contributed by atoms with E-state index < -0.39 is 5.82 Å². The molecule has 0 aliphatic rings. The Morgan fingerprint density at radius 2 is 2.09 bits per heavy atom. The summed E-state index contributed by atoms with van der Waals surface area (Å²) in [5.74, 6) is -0.592. The summed E-state index contributed by atoms with van der Waals surface area (Å²) in [6.07, 6.45) is 1.41. The SMILES string of the molecule is C=Cc1cc(F)c(Cl)nc1Cl. The van der Waals surface area contributed by atoms with Crippen LogP contribution in [0.3, 0.4) is 0 Å². The largest absolute Gasteiger partial charge is 0.221 e.